The first-order chi connectivity index (χ1) is 9.50. The SMILES string of the molecule is NN(c1ccccc1CC(=O)O)c1c(Cl)cccc1Cl. The number of para-hydroxylation sites is 2. The summed E-state index contributed by atoms with van der Waals surface area (Å²) in [5.41, 5.74) is 1.57. The quantitative estimate of drug-likeness (QED) is 0.668. The van der Waals surface area contributed by atoms with Crippen molar-refractivity contribution in [2.24, 2.45) is 5.84 Å². The summed E-state index contributed by atoms with van der Waals surface area (Å²) < 4.78 is 0. The molecule has 2 rings (SSSR count). The van der Waals surface area contributed by atoms with E-state index < -0.39 is 5.97 Å². The standard InChI is InChI=1S/C14H12Cl2N2O2/c15-10-5-3-6-11(16)14(10)18(17)12-7-2-1-4-9(12)8-13(19)20/h1-7H,8,17H2,(H,19,20). The molecule has 4 nitrogen and oxygen atoms in total. The molecule has 0 unspecified atom stereocenters. The number of carboxylic acid groups (broad SMARTS) is 1. The number of hydrazine groups is 1. The van der Waals surface area contributed by atoms with Crippen molar-refractivity contribution in [1.29, 1.82) is 0 Å². The first-order valence-electron chi connectivity index (χ1n) is 5.79. The van der Waals surface area contributed by atoms with Gasteiger partial charge in [-0.2, -0.15) is 0 Å². The molecule has 0 fully saturated rings. The van der Waals surface area contributed by atoms with Crippen LogP contribution in [0, 0.1) is 0 Å². The first kappa shape index (κ1) is 14.7. The van der Waals surface area contributed by atoms with Crippen LogP contribution in [-0.2, 0) is 11.2 Å². The van der Waals surface area contributed by atoms with Gasteiger partial charge in [0.05, 0.1) is 27.8 Å². The lowest BCUT2D eigenvalue weighted by molar-refractivity contribution is -0.136. The fraction of sp³-hybridized carbons (Fsp3) is 0.0714. The van der Waals surface area contributed by atoms with Crippen molar-refractivity contribution in [3.8, 4) is 0 Å². The average Bonchev–Trinajstić information content (AvgIpc) is 2.38. The summed E-state index contributed by atoms with van der Waals surface area (Å²) >= 11 is 12.2. The van der Waals surface area contributed by atoms with Gasteiger partial charge in [-0.25, -0.2) is 5.84 Å². The Bertz CT molecular complexity index is 627. The Balaban J connectivity index is 2.48. The lowest BCUT2D eigenvalue weighted by Gasteiger charge is -2.23. The van der Waals surface area contributed by atoms with Crippen LogP contribution in [0.5, 0.6) is 0 Å². The van der Waals surface area contributed by atoms with Crippen LogP contribution >= 0.6 is 23.2 Å². The highest BCUT2D eigenvalue weighted by molar-refractivity contribution is 6.39. The van der Waals surface area contributed by atoms with E-state index >= 15 is 0 Å². The minimum Gasteiger partial charge on any atom is -0.481 e. The van der Waals surface area contributed by atoms with E-state index in [0.29, 0.717) is 27.0 Å². The van der Waals surface area contributed by atoms with Crippen LogP contribution in [0.25, 0.3) is 0 Å². The normalized spacial score (nSPS) is 10.3. The van der Waals surface area contributed by atoms with Gasteiger partial charge in [-0.05, 0) is 23.8 Å². The molecule has 0 aliphatic rings. The zero-order valence-corrected chi connectivity index (χ0v) is 11.9. The predicted molar refractivity (Wildman–Crippen MR) is 80.6 cm³/mol. The number of carbonyl (C=O) groups is 1. The van der Waals surface area contributed by atoms with E-state index in [1.54, 1.807) is 42.5 Å². The van der Waals surface area contributed by atoms with Crippen molar-refractivity contribution < 1.29 is 9.90 Å². The Morgan fingerprint density at radius 1 is 1.10 bits per heavy atom. The highest BCUT2D eigenvalue weighted by Crippen LogP contribution is 2.36. The molecule has 0 spiro atoms. The summed E-state index contributed by atoms with van der Waals surface area (Å²) in [5, 5.41) is 11.0. The van der Waals surface area contributed by atoms with Gasteiger partial charge in [0.1, 0.15) is 0 Å². The van der Waals surface area contributed by atoms with Gasteiger partial charge in [-0.3, -0.25) is 9.80 Å². The molecular formula is C14H12Cl2N2O2. The molecule has 0 saturated carbocycles. The summed E-state index contributed by atoms with van der Waals surface area (Å²) in [5.74, 6) is 5.13. The number of rotatable bonds is 4. The van der Waals surface area contributed by atoms with Crippen LogP contribution in [0.4, 0.5) is 11.4 Å². The fourth-order valence-electron chi connectivity index (χ4n) is 1.90. The van der Waals surface area contributed by atoms with Gasteiger partial charge < -0.3 is 5.11 Å². The van der Waals surface area contributed by atoms with Crippen molar-refractivity contribution >= 4 is 40.5 Å². The molecule has 2 aromatic rings. The third-order valence-corrected chi connectivity index (χ3v) is 3.38. The molecule has 0 radical (unpaired) electrons. The molecule has 6 heteroatoms. The first-order valence-corrected chi connectivity index (χ1v) is 6.55. The summed E-state index contributed by atoms with van der Waals surface area (Å²) in [6.45, 7) is 0. The number of benzene rings is 2. The molecule has 0 atom stereocenters. The molecule has 2 aromatic carbocycles. The second-order valence-electron chi connectivity index (χ2n) is 4.14. The van der Waals surface area contributed by atoms with Crippen molar-refractivity contribution in [1.82, 2.24) is 0 Å². The van der Waals surface area contributed by atoms with Crippen LogP contribution in [0.3, 0.4) is 0 Å². The minimum atomic E-state index is -0.934. The zero-order chi connectivity index (χ0) is 14.7. The molecule has 0 aromatic heterocycles. The maximum Gasteiger partial charge on any atom is 0.307 e. The molecule has 0 heterocycles. The molecule has 20 heavy (non-hydrogen) atoms. The van der Waals surface area contributed by atoms with Gasteiger partial charge in [0.25, 0.3) is 0 Å². The van der Waals surface area contributed by atoms with E-state index in [1.807, 2.05) is 0 Å². The summed E-state index contributed by atoms with van der Waals surface area (Å²) in [7, 11) is 0. The highest BCUT2D eigenvalue weighted by Gasteiger charge is 2.16. The molecule has 0 saturated heterocycles. The third-order valence-electron chi connectivity index (χ3n) is 2.77. The lowest BCUT2D eigenvalue weighted by Crippen LogP contribution is -2.27. The number of hydrogen-bond acceptors (Lipinski definition) is 3. The van der Waals surface area contributed by atoms with Crippen molar-refractivity contribution in [3.05, 3.63) is 58.1 Å². The summed E-state index contributed by atoms with van der Waals surface area (Å²) in [6.07, 6.45) is -0.133. The maximum atomic E-state index is 10.9. The van der Waals surface area contributed by atoms with Gasteiger partial charge >= 0.3 is 5.97 Å². The van der Waals surface area contributed by atoms with Crippen molar-refractivity contribution in [3.63, 3.8) is 0 Å². The number of aliphatic carboxylic acids is 1. The number of halogens is 2. The zero-order valence-electron chi connectivity index (χ0n) is 10.4. The van der Waals surface area contributed by atoms with Crippen LogP contribution < -0.4 is 10.9 Å². The Labute approximate surface area is 126 Å². The molecule has 104 valence electrons. The molecule has 0 aliphatic heterocycles. The number of carboxylic acids is 1. The number of hydrogen-bond donors (Lipinski definition) is 2. The van der Waals surface area contributed by atoms with Crippen LogP contribution in [-0.4, -0.2) is 11.1 Å². The van der Waals surface area contributed by atoms with Gasteiger partial charge in [-0.15, -0.1) is 0 Å². The Morgan fingerprint density at radius 3 is 2.30 bits per heavy atom. The molecule has 0 bridgehead atoms. The van der Waals surface area contributed by atoms with Gasteiger partial charge in [-0.1, -0.05) is 47.5 Å². The van der Waals surface area contributed by atoms with E-state index in [-0.39, 0.29) is 6.42 Å². The fourth-order valence-corrected chi connectivity index (χ4v) is 2.48. The molecule has 0 aliphatic carbocycles. The van der Waals surface area contributed by atoms with Gasteiger partial charge in [0.2, 0.25) is 0 Å². The molecular weight excluding hydrogens is 299 g/mol. The van der Waals surface area contributed by atoms with E-state index in [9.17, 15) is 4.79 Å². The van der Waals surface area contributed by atoms with Gasteiger partial charge in [0, 0.05) is 0 Å². The summed E-state index contributed by atoms with van der Waals surface area (Å²) in [6, 6.07) is 12.0. The molecule has 3 N–H and O–H groups in total. The second kappa shape index (κ2) is 6.13. The topological polar surface area (TPSA) is 66.6 Å². The van der Waals surface area contributed by atoms with Gasteiger partial charge in [0.15, 0.2) is 0 Å². The van der Waals surface area contributed by atoms with Crippen LogP contribution in [0.2, 0.25) is 10.0 Å². The number of nitrogens with zero attached hydrogens (tertiary/aromatic N) is 1. The number of nitrogens with two attached hydrogens (primary N) is 1. The van der Waals surface area contributed by atoms with E-state index in [1.165, 1.54) is 5.01 Å². The Hall–Kier alpha value is -1.75. The van der Waals surface area contributed by atoms with Crippen LogP contribution in [0.1, 0.15) is 5.56 Å². The third kappa shape index (κ3) is 3.04. The number of anilines is 2. The highest BCUT2D eigenvalue weighted by atomic mass is 35.5. The second-order valence-corrected chi connectivity index (χ2v) is 4.95. The molecule has 0 amide bonds. The Morgan fingerprint density at radius 2 is 1.70 bits per heavy atom. The maximum absolute atomic E-state index is 10.9. The average molecular weight is 311 g/mol. The predicted octanol–water partition coefficient (Wildman–Crippen LogP) is 3.63. The minimum absolute atomic E-state index is 0.133. The lowest BCUT2D eigenvalue weighted by atomic mass is 10.1. The smallest absolute Gasteiger partial charge is 0.307 e. The van der Waals surface area contributed by atoms with E-state index in [0.717, 1.165) is 0 Å². The van der Waals surface area contributed by atoms with Crippen molar-refractivity contribution in [2.45, 2.75) is 6.42 Å². The monoisotopic (exact) mass is 310 g/mol. The Kier molecular flexibility index (Phi) is 4.49. The van der Waals surface area contributed by atoms with Crippen LogP contribution in [0.15, 0.2) is 42.5 Å². The largest absolute Gasteiger partial charge is 0.481 e. The summed E-state index contributed by atoms with van der Waals surface area (Å²) in [4.78, 5) is 10.9. The van der Waals surface area contributed by atoms with Crippen molar-refractivity contribution in [2.75, 3.05) is 5.01 Å². The van der Waals surface area contributed by atoms with E-state index in [2.05, 4.69) is 0 Å². The van der Waals surface area contributed by atoms with E-state index in [4.69, 9.17) is 34.2 Å².